The topological polar surface area (TPSA) is 28.4 Å². The van der Waals surface area contributed by atoms with Crippen molar-refractivity contribution in [3.63, 3.8) is 0 Å². The normalized spacial score (nSPS) is 13.4. The molecule has 86 valence electrons. The lowest BCUT2D eigenvalue weighted by molar-refractivity contribution is 0.333. The summed E-state index contributed by atoms with van der Waals surface area (Å²) in [5, 5.41) is 3.42. The predicted molar refractivity (Wildman–Crippen MR) is 66.0 cm³/mol. The Kier molecular flexibility index (Phi) is 5.36. The van der Waals surface area contributed by atoms with E-state index in [2.05, 4.69) is 47.0 Å². The summed E-state index contributed by atoms with van der Waals surface area (Å²) in [7, 11) is 2.12. The summed E-state index contributed by atoms with van der Waals surface area (Å²) >= 11 is 3.30. The molecule has 1 unspecified atom stereocenters. The van der Waals surface area contributed by atoms with Crippen molar-refractivity contribution in [3.8, 4) is 0 Å². The van der Waals surface area contributed by atoms with Crippen molar-refractivity contribution in [1.29, 1.82) is 0 Å². The molecule has 0 radical (unpaired) electrons. The number of furan rings is 1. The summed E-state index contributed by atoms with van der Waals surface area (Å²) in [4.78, 5) is 2.28. The van der Waals surface area contributed by atoms with Gasteiger partial charge in [-0.15, -0.1) is 0 Å². The van der Waals surface area contributed by atoms with Crippen molar-refractivity contribution < 1.29 is 4.42 Å². The van der Waals surface area contributed by atoms with Gasteiger partial charge in [0.2, 0.25) is 0 Å². The molecule has 1 atom stereocenters. The first kappa shape index (κ1) is 12.7. The zero-order valence-electron chi connectivity index (χ0n) is 9.59. The van der Waals surface area contributed by atoms with Gasteiger partial charge >= 0.3 is 0 Å². The first-order valence-electron chi connectivity index (χ1n) is 5.30. The molecule has 0 aromatic carbocycles. The van der Waals surface area contributed by atoms with E-state index in [0.717, 1.165) is 30.1 Å². The van der Waals surface area contributed by atoms with Gasteiger partial charge in [-0.25, -0.2) is 0 Å². The van der Waals surface area contributed by atoms with Crippen molar-refractivity contribution in [3.05, 3.63) is 22.6 Å². The molecule has 0 aliphatic carbocycles. The Morgan fingerprint density at radius 3 is 2.80 bits per heavy atom. The number of halogens is 1. The van der Waals surface area contributed by atoms with Gasteiger partial charge in [0.25, 0.3) is 0 Å². The molecule has 1 aromatic rings. The fourth-order valence-corrected chi connectivity index (χ4v) is 1.61. The van der Waals surface area contributed by atoms with E-state index in [4.69, 9.17) is 4.42 Å². The average Bonchev–Trinajstić information content (AvgIpc) is 2.64. The summed E-state index contributed by atoms with van der Waals surface area (Å²) in [6.45, 7) is 7.39. The number of hydrogen-bond acceptors (Lipinski definition) is 3. The minimum Gasteiger partial charge on any atom is -0.453 e. The molecule has 1 N–H and O–H groups in total. The number of likely N-dealkylation sites (N-methyl/N-ethyl adjacent to an activating group) is 1. The number of nitrogens with zero attached hydrogens (tertiary/aromatic N) is 1. The second-order valence-corrected chi connectivity index (χ2v) is 4.50. The van der Waals surface area contributed by atoms with Crippen molar-refractivity contribution in [2.24, 2.45) is 0 Å². The van der Waals surface area contributed by atoms with Crippen LogP contribution in [0.1, 0.15) is 25.6 Å². The molecule has 1 rings (SSSR count). The van der Waals surface area contributed by atoms with E-state index in [1.54, 1.807) is 0 Å². The molecule has 0 spiro atoms. The highest BCUT2D eigenvalue weighted by molar-refractivity contribution is 9.10. The highest BCUT2D eigenvalue weighted by Crippen LogP contribution is 2.19. The molecule has 1 aromatic heterocycles. The van der Waals surface area contributed by atoms with Crippen molar-refractivity contribution >= 4 is 15.9 Å². The Morgan fingerprint density at radius 1 is 1.53 bits per heavy atom. The Balaban J connectivity index is 2.27. The SMILES string of the molecule is CCN(C)CCNC(C)c1ccc(Br)o1. The molecule has 0 saturated carbocycles. The maximum atomic E-state index is 5.47. The molecule has 0 bridgehead atoms. The molecule has 4 heteroatoms. The number of hydrogen-bond donors (Lipinski definition) is 1. The van der Waals surface area contributed by atoms with Crippen LogP contribution in [0.15, 0.2) is 21.2 Å². The van der Waals surface area contributed by atoms with E-state index < -0.39 is 0 Å². The van der Waals surface area contributed by atoms with Crippen LogP contribution >= 0.6 is 15.9 Å². The lowest BCUT2D eigenvalue weighted by Gasteiger charge is -2.16. The lowest BCUT2D eigenvalue weighted by atomic mass is 10.2. The van der Waals surface area contributed by atoms with Gasteiger partial charge in [0.15, 0.2) is 4.67 Å². The third kappa shape index (κ3) is 4.36. The van der Waals surface area contributed by atoms with Crippen LogP contribution in [0.5, 0.6) is 0 Å². The van der Waals surface area contributed by atoms with Crippen molar-refractivity contribution in [1.82, 2.24) is 10.2 Å². The molecule has 1 heterocycles. The molecule has 0 aliphatic heterocycles. The largest absolute Gasteiger partial charge is 0.453 e. The Labute approximate surface area is 100.0 Å². The quantitative estimate of drug-likeness (QED) is 0.865. The maximum absolute atomic E-state index is 5.47. The molecule has 3 nitrogen and oxygen atoms in total. The van der Waals surface area contributed by atoms with E-state index >= 15 is 0 Å². The molecule has 15 heavy (non-hydrogen) atoms. The summed E-state index contributed by atoms with van der Waals surface area (Å²) in [6.07, 6.45) is 0. The van der Waals surface area contributed by atoms with Crippen LogP contribution in [-0.2, 0) is 0 Å². The third-order valence-electron chi connectivity index (χ3n) is 2.50. The zero-order valence-corrected chi connectivity index (χ0v) is 11.2. The summed E-state index contributed by atoms with van der Waals surface area (Å²) in [5.41, 5.74) is 0. The molecule has 0 amide bonds. The average molecular weight is 275 g/mol. The van der Waals surface area contributed by atoms with Gasteiger partial charge in [0.1, 0.15) is 5.76 Å². The zero-order chi connectivity index (χ0) is 11.3. The molecule has 0 saturated heterocycles. The Morgan fingerprint density at radius 2 is 2.27 bits per heavy atom. The number of nitrogens with one attached hydrogen (secondary N) is 1. The van der Waals surface area contributed by atoms with Gasteiger partial charge in [-0.3, -0.25) is 0 Å². The van der Waals surface area contributed by atoms with Gasteiger partial charge in [-0.2, -0.15) is 0 Å². The fraction of sp³-hybridized carbons (Fsp3) is 0.636. The van der Waals surface area contributed by atoms with E-state index in [-0.39, 0.29) is 6.04 Å². The van der Waals surface area contributed by atoms with Gasteiger partial charge in [0, 0.05) is 13.1 Å². The lowest BCUT2D eigenvalue weighted by Crippen LogP contribution is -2.30. The second kappa shape index (κ2) is 6.30. The summed E-state index contributed by atoms with van der Waals surface area (Å²) in [5.74, 6) is 0.973. The van der Waals surface area contributed by atoms with Crippen LogP contribution in [0, 0.1) is 0 Å². The first-order chi connectivity index (χ1) is 7.13. The minimum atomic E-state index is 0.265. The standard InChI is InChI=1S/C11H19BrN2O/c1-4-14(3)8-7-13-9(2)10-5-6-11(12)15-10/h5-6,9,13H,4,7-8H2,1-3H3. The van der Waals surface area contributed by atoms with Crippen LogP contribution in [0.4, 0.5) is 0 Å². The van der Waals surface area contributed by atoms with Gasteiger partial charge in [0.05, 0.1) is 6.04 Å². The van der Waals surface area contributed by atoms with Crippen LogP contribution in [0.25, 0.3) is 0 Å². The molecular formula is C11H19BrN2O. The van der Waals surface area contributed by atoms with Gasteiger partial charge in [-0.05, 0) is 48.6 Å². The Hall–Kier alpha value is -0.320. The second-order valence-electron chi connectivity index (χ2n) is 3.71. The smallest absolute Gasteiger partial charge is 0.169 e. The van der Waals surface area contributed by atoms with Crippen LogP contribution in [0.2, 0.25) is 0 Å². The summed E-state index contributed by atoms with van der Waals surface area (Å²) < 4.78 is 6.26. The maximum Gasteiger partial charge on any atom is 0.169 e. The van der Waals surface area contributed by atoms with E-state index in [1.165, 1.54) is 0 Å². The van der Waals surface area contributed by atoms with E-state index in [9.17, 15) is 0 Å². The Bertz CT molecular complexity index is 288. The monoisotopic (exact) mass is 274 g/mol. The van der Waals surface area contributed by atoms with Crippen LogP contribution in [-0.4, -0.2) is 31.6 Å². The van der Waals surface area contributed by atoms with Gasteiger partial charge < -0.3 is 14.6 Å². The molecule has 0 fully saturated rings. The van der Waals surface area contributed by atoms with Crippen molar-refractivity contribution in [2.75, 3.05) is 26.7 Å². The first-order valence-corrected chi connectivity index (χ1v) is 6.10. The third-order valence-corrected chi connectivity index (χ3v) is 2.93. The van der Waals surface area contributed by atoms with Crippen molar-refractivity contribution in [2.45, 2.75) is 19.9 Å². The fourth-order valence-electron chi connectivity index (χ4n) is 1.29. The van der Waals surface area contributed by atoms with E-state index in [0.29, 0.717) is 0 Å². The summed E-state index contributed by atoms with van der Waals surface area (Å²) in [6, 6.07) is 4.18. The highest BCUT2D eigenvalue weighted by atomic mass is 79.9. The highest BCUT2D eigenvalue weighted by Gasteiger charge is 2.08. The van der Waals surface area contributed by atoms with Gasteiger partial charge in [-0.1, -0.05) is 6.92 Å². The predicted octanol–water partition coefficient (Wildman–Crippen LogP) is 2.64. The number of rotatable bonds is 6. The molecule has 0 aliphatic rings. The molecular weight excluding hydrogens is 256 g/mol. The van der Waals surface area contributed by atoms with Crippen LogP contribution < -0.4 is 5.32 Å². The minimum absolute atomic E-state index is 0.265. The van der Waals surface area contributed by atoms with Crippen LogP contribution in [0.3, 0.4) is 0 Å². The van der Waals surface area contributed by atoms with E-state index in [1.807, 2.05) is 12.1 Å².